The van der Waals surface area contributed by atoms with Gasteiger partial charge in [-0.15, -0.1) is 0 Å². The average molecular weight is 354 g/mol. The summed E-state index contributed by atoms with van der Waals surface area (Å²) >= 11 is 0. The quantitative estimate of drug-likeness (QED) is 0.432. The van der Waals surface area contributed by atoms with Gasteiger partial charge in [0, 0.05) is 29.2 Å². The molecule has 0 spiro atoms. The van der Waals surface area contributed by atoms with Crippen LogP contribution in [0.2, 0.25) is 0 Å². The van der Waals surface area contributed by atoms with Gasteiger partial charge in [0.1, 0.15) is 17.3 Å². The minimum atomic E-state index is -0.483. The molecule has 136 valence electrons. The van der Waals surface area contributed by atoms with E-state index < -0.39 is 11.9 Å². The van der Waals surface area contributed by atoms with Crippen molar-refractivity contribution in [1.82, 2.24) is 0 Å². The second kappa shape index (κ2) is 8.34. The molecule has 26 heavy (non-hydrogen) atoms. The summed E-state index contributed by atoms with van der Waals surface area (Å²) in [6.07, 6.45) is 4.95. The molecule has 1 aromatic rings. The van der Waals surface area contributed by atoms with Crippen LogP contribution in [0.15, 0.2) is 60.4 Å². The van der Waals surface area contributed by atoms with Crippen molar-refractivity contribution in [3.05, 3.63) is 66.0 Å². The zero-order chi connectivity index (χ0) is 19.3. The fraction of sp³-hybridized carbons (Fsp3) is 0.238. The fourth-order valence-corrected chi connectivity index (χ4v) is 2.33. The minimum Gasteiger partial charge on any atom is -0.496 e. The van der Waals surface area contributed by atoms with E-state index in [2.05, 4.69) is 13.2 Å². The largest absolute Gasteiger partial charge is 0.496 e. The van der Waals surface area contributed by atoms with Gasteiger partial charge in [0.25, 0.3) is 0 Å². The summed E-state index contributed by atoms with van der Waals surface area (Å²) in [5.41, 5.74) is 2.62. The van der Waals surface area contributed by atoms with Crippen LogP contribution in [0.4, 0.5) is 0 Å². The Balaban J connectivity index is 2.21. The highest BCUT2D eigenvalue weighted by Crippen LogP contribution is 2.35. The number of methoxy groups -OCH3 is 1. The number of carbonyl (C=O) groups excluding carboxylic acids is 2. The monoisotopic (exact) mass is 354 g/mol. The first-order valence-corrected chi connectivity index (χ1v) is 8.15. The number of esters is 2. The van der Waals surface area contributed by atoms with Crippen LogP contribution in [0.5, 0.6) is 11.5 Å². The molecule has 5 nitrogen and oxygen atoms in total. The van der Waals surface area contributed by atoms with Crippen molar-refractivity contribution in [3.63, 3.8) is 0 Å². The van der Waals surface area contributed by atoms with Crippen LogP contribution >= 0.6 is 0 Å². The van der Waals surface area contributed by atoms with Crippen molar-refractivity contribution in [1.29, 1.82) is 0 Å². The van der Waals surface area contributed by atoms with Gasteiger partial charge in [0.15, 0.2) is 0 Å². The van der Waals surface area contributed by atoms with Crippen LogP contribution in [0.25, 0.3) is 5.57 Å². The van der Waals surface area contributed by atoms with Gasteiger partial charge in [0.2, 0.25) is 0 Å². The highest BCUT2D eigenvalue weighted by Gasteiger charge is 2.17. The number of allylic oxidation sites excluding steroid dienone is 4. The summed E-state index contributed by atoms with van der Waals surface area (Å²) in [4.78, 5) is 23.2. The van der Waals surface area contributed by atoms with Crippen LogP contribution in [0.1, 0.15) is 32.3 Å². The van der Waals surface area contributed by atoms with E-state index in [-0.39, 0.29) is 0 Å². The third kappa shape index (κ3) is 4.72. The number of hydrogen-bond acceptors (Lipinski definition) is 5. The number of hydrogen-bond donors (Lipinski definition) is 0. The maximum atomic E-state index is 11.6. The Kier molecular flexibility index (Phi) is 6.17. The van der Waals surface area contributed by atoms with E-state index in [1.807, 2.05) is 12.1 Å². The van der Waals surface area contributed by atoms with Crippen LogP contribution in [0.3, 0.4) is 0 Å². The van der Waals surface area contributed by atoms with E-state index in [1.54, 1.807) is 39.2 Å². The first-order chi connectivity index (χ1) is 12.3. The summed E-state index contributed by atoms with van der Waals surface area (Å²) in [6, 6.07) is 5.21. The van der Waals surface area contributed by atoms with Crippen molar-refractivity contribution in [2.75, 3.05) is 7.11 Å². The molecule has 0 N–H and O–H groups in total. The number of rotatable bonds is 6. The summed E-state index contributed by atoms with van der Waals surface area (Å²) in [5.74, 6) is 0.686. The molecule has 0 radical (unpaired) electrons. The molecule has 0 saturated heterocycles. The van der Waals surface area contributed by atoms with Crippen molar-refractivity contribution in [3.8, 4) is 11.5 Å². The molecule has 2 rings (SSSR count). The number of benzene rings is 1. The number of ether oxygens (including phenoxy) is 3. The molecule has 0 aliphatic heterocycles. The maximum Gasteiger partial charge on any atom is 0.338 e. The van der Waals surface area contributed by atoms with Crippen LogP contribution in [-0.2, 0) is 14.3 Å². The molecule has 0 amide bonds. The summed E-state index contributed by atoms with van der Waals surface area (Å²) in [6.45, 7) is 10.3. The average Bonchev–Trinajstić information content (AvgIpc) is 2.62. The van der Waals surface area contributed by atoms with E-state index >= 15 is 0 Å². The highest BCUT2D eigenvalue weighted by atomic mass is 16.5. The van der Waals surface area contributed by atoms with Gasteiger partial charge in [-0.2, -0.15) is 0 Å². The Morgan fingerprint density at radius 2 is 1.62 bits per heavy atom. The standard InChI is InChI=1S/C21H22O5/c1-13(2)20(22)25-16-8-6-15(7-9-16)18-11-10-17(12-19(18)24-5)26-21(23)14(3)4/h6,8,10-12H,1,3,7,9H2,2,4-5H3. The van der Waals surface area contributed by atoms with Gasteiger partial charge in [-0.05, 0) is 44.1 Å². The van der Waals surface area contributed by atoms with Gasteiger partial charge < -0.3 is 14.2 Å². The lowest BCUT2D eigenvalue weighted by atomic mass is 9.95. The smallest absolute Gasteiger partial charge is 0.338 e. The molecule has 1 aliphatic carbocycles. The topological polar surface area (TPSA) is 61.8 Å². The molecule has 0 atom stereocenters. The van der Waals surface area contributed by atoms with E-state index in [0.717, 1.165) is 11.1 Å². The second-order valence-electron chi connectivity index (χ2n) is 6.03. The van der Waals surface area contributed by atoms with Crippen molar-refractivity contribution in [2.45, 2.75) is 26.7 Å². The zero-order valence-corrected chi connectivity index (χ0v) is 15.3. The van der Waals surface area contributed by atoms with Crippen LogP contribution in [0, 0.1) is 0 Å². The van der Waals surface area contributed by atoms with Crippen molar-refractivity contribution >= 4 is 17.5 Å². The molecule has 0 unspecified atom stereocenters. The maximum absolute atomic E-state index is 11.6. The van der Waals surface area contributed by atoms with Gasteiger partial charge in [-0.1, -0.05) is 19.2 Å². The first-order valence-electron chi connectivity index (χ1n) is 8.15. The number of carbonyl (C=O) groups is 2. The molecule has 0 fully saturated rings. The molecular formula is C21H22O5. The van der Waals surface area contributed by atoms with Crippen molar-refractivity contribution < 1.29 is 23.8 Å². The third-order valence-corrected chi connectivity index (χ3v) is 3.76. The third-order valence-electron chi connectivity index (χ3n) is 3.76. The molecule has 5 heteroatoms. The van der Waals surface area contributed by atoms with E-state index in [4.69, 9.17) is 14.2 Å². The molecule has 1 aliphatic rings. The Morgan fingerprint density at radius 1 is 0.962 bits per heavy atom. The molecule has 0 saturated carbocycles. The van der Waals surface area contributed by atoms with Gasteiger partial charge in [0.05, 0.1) is 7.11 Å². The summed E-state index contributed by atoms with van der Waals surface area (Å²) < 4.78 is 15.9. The molecule has 0 aromatic heterocycles. The van der Waals surface area contributed by atoms with E-state index in [0.29, 0.717) is 41.2 Å². The molecule has 1 aromatic carbocycles. The Hall–Kier alpha value is -3.08. The van der Waals surface area contributed by atoms with E-state index in [9.17, 15) is 9.59 Å². The van der Waals surface area contributed by atoms with Gasteiger partial charge >= 0.3 is 11.9 Å². The molecule has 0 heterocycles. The highest BCUT2D eigenvalue weighted by molar-refractivity contribution is 5.89. The fourth-order valence-electron chi connectivity index (χ4n) is 2.33. The Bertz CT molecular complexity index is 827. The van der Waals surface area contributed by atoms with Crippen LogP contribution < -0.4 is 9.47 Å². The van der Waals surface area contributed by atoms with Crippen molar-refractivity contribution in [2.24, 2.45) is 0 Å². The molecule has 0 bridgehead atoms. The SMILES string of the molecule is C=C(C)C(=O)OC1=CC=C(c2ccc(OC(=O)C(=C)C)cc2OC)CC1. The van der Waals surface area contributed by atoms with Gasteiger partial charge in [-0.3, -0.25) is 0 Å². The second-order valence-corrected chi connectivity index (χ2v) is 6.03. The summed E-state index contributed by atoms with van der Waals surface area (Å²) in [5, 5.41) is 0. The summed E-state index contributed by atoms with van der Waals surface area (Å²) in [7, 11) is 1.56. The minimum absolute atomic E-state index is 0.324. The predicted molar refractivity (Wildman–Crippen MR) is 99.6 cm³/mol. The lowest BCUT2D eigenvalue weighted by Gasteiger charge is -2.17. The first kappa shape index (κ1) is 19.2. The zero-order valence-electron chi connectivity index (χ0n) is 15.3. The Labute approximate surface area is 153 Å². The normalized spacial score (nSPS) is 13.2. The lowest BCUT2D eigenvalue weighted by molar-refractivity contribution is -0.135. The van der Waals surface area contributed by atoms with E-state index in [1.165, 1.54) is 0 Å². The lowest BCUT2D eigenvalue weighted by Crippen LogP contribution is -2.08. The molecular weight excluding hydrogens is 332 g/mol. The van der Waals surface area contributed by atoms with Crippen LogP contribution in [-0.4, -0.2) is 19.0 Å². The van der Waals surface area contributed by atoms with Gasteiger partial charge in [-0.25, -0.2) is 9.59 Å². The predicted octanol–water partition coefficient (Wildman–Crippen LogP) is 4.36. The Morgan fingerprint density at radius 3 is 2.15 bits per heavy atom.